The van der Waals surface area contributed by atoms with Crippen LogP contribution >= 0.6 is 0 Å². The molecule has 0 radical (unpaired) electrons. The van der Waals surface area contributed by atoms with E-state index in [1.54, 1.807) is 13.8 Å². The molecule has 0 fully saturated rings. The number of imide groups is 1. The lowest BCUT2D eigenvalue weighted by molar-refractivity contribution is -0.148. The zero-order chi connectivity index (χ0) is 14.3. The Morgan fingerprint density at radius 3 is 2.68 bits per heavy atom. The van der Waals surface area contributed by atoms with E-state index in [2.05, 4.69) is 10.6 Å². The summed E-state index contributed by atoms with van der Waals surface area (Å²) in [7, 11) is 0. The molecule has 19 heavy (non-hydrogen) atoms. The molecule has 0 aromatic carbocycles. The zero-order valence-electron chi connectivity index (χ0n) is 11.3. The number of nitrogens with one attached hydrogen (secondary N) is 2. The lowest BCUT2D eigenvalue weighted by atomic mass is 10.1. The first-order chi connectivity index (χ1) is 8.97. The normalized spacial score (nSPS) is 17.3. The molecule has 106 valence electrons. The molecule has 0 bridgehead atoms. The summed E-state index contributed by atoms with van der Waals surface area (Å²) in [5.41, 5.74) is 0. The predicted octanol–water partition coefficient (Wildman–Crippen LogP) is 1.12. The summed E-state index contributed by atoms with van der Waals surface area (Å²) in [5, 5.41) is 4.58. The van der Waals surface area contributed by atoms with Crippen molar-refractivity contribution >= 4 is 17.9 Å². The summed E-state index contributed by atoms with van der Waals surface area (Å²) in [5.74, 6) is -0.843. The third-order valence-electron chi connectivity index (χ3n) is 2.58. The van der Waals surface area contributed by atoms with Crippen LogP contribution < -0.4 is 10.6 Å². The third kappa shape index (κ3) is 6.59. The molecule has 0 aromatic rings. The monoisotopic (exact) mass is 268 g/mol. The maximum atomic E-state index is 11.4. The highest BCUT2D eigenvalue weighted by molar-refractivity contribution is 5.95. The fourth-order valence-corrected chi connectivity index (χ4v) is 1.75. The largest absolute Gasteiger partial charge is 0.456 e. The van der Waals surface area contributed by atoms with Crippen LogP contribution in [0.15, 0.2) is 12.2 Å². The standard InChI is InChI=1S/C13H20N2O4/c1-9(2)14-13(18)15-11(16)8-19-12(17)7-10-5-3-4-6-10/h3,5,9-10H,4,6-8H2,1-2H3,(H2,14,15,16,18)/t10-/m0/s1. The van der Waals surface area contributed by atoms with Crippen LogP contribution in [0.1, 0.15) is 33.1 Å². The first-order valence-corrected chi connectivity index (χ1v) is 6.40. The summed E-state index contributed by atoms with van der Waals surface area (Å²) in [6.45, 7) is 3.12. The molecule has 1 rings (SSSR count). The van der Waals surface area contributed by atoms with Crippen molar-refractivity contribution in [2.75, 3.05) is 6.61 Å². The van der Waals surface area contributed by atoms with Crippen molar-refractivity contribution in [3.05, 3.63) is 12.2 Å². The van der Waals surface area contributed by atoms with Crippen LogP contribution in [0.2, 0.25) is 0 Å². The molecular formula is C13H20N2O4. The van der Waals surface area contributed by atoms with Crippen molar-refractivity contribution in [3.8, 4) is 0 Å². The van der Waals surface area contributed by atoms with Gasteiger partial charge in [-0.05, 0) is 32.6 Å². The molecule has 0 saturated carbocycles. The number of amides is 3. The van der Waals surface area contributed by atoms with Crippen LogP contribution in [0.4, 0.5) is 4.79 Å². The van der Waals surface area contributed by atoms with E-state index in [1.165, 1.54) is 0 Å². The Bertz CT molecular complexity index is 377. The molecule has 1 aliphatic carbocycles. The highest BCUT2D eigenvalue weighted by Crippen LogP contribution is 2.20. The number of carbonyl (C=O) groups excluding carboxylic acids is 3. The van der Waals surface area contributed by atoms with E-state index in [-0.39, 0.29) is 18.4 Å². The van der Waals surface area contributed by atoms with Crippen LogP contribution in [0, 0.1) is 5.92 Å². The maximum Gasteiger partial charge on any atom is 0.321 e. The van der Waals surface area contributed by atoms with E-state index in [0.29, 0.717) is 0 Å². The van der Waals surface area contributed by atoms with Gasteiger partial charge in [-0.3, -0.25) is 14.9 Å². The van der Waals surface area contributed by atoms with Gasteiger partial charge in [0.05, 0.1) is 6.42 Å². The SMILES string of the molecule is CC(C)NC(=O)NC(=O)COC(=O)C[C@H]1C=CCC1. The lowest BCUT2D eigenvalue weighted by Gasteiger charge is -2.10. The van der Waals surface area contributed by atoms with Gasteiger partial charge in [-0.1, -0.05) is 12.2 Å². The number of ether oxygens (including phenoxy) is 1. The molecule has 2 N–H and O–H groups in total. The Balaban J connectivity index is 2.16. The molecule has 0 heterocycles. The van der Waals surface area contributed by atoms with Gasteiger partial charge in [0.25, 0.3) is 5.91 Å². The molecule has 0 aliphatic heterocycles. The minimum atomic E-state index is -0.631. The molecule has 6 heteroatoms. The smallest absolute Gasteiger partial charge is 0.321 e. The van der Waals surface area contributed by atoms with E-state index in [1.807, 2.05) is 12.2 Å². The molecule has 6 nitrogen and oxygen atoms in total. The van der Waals surface area contributed by atoms with Crippen molar-refractivity contribution in [2.45, 2.75) is 39.2 Å². The molecule has 0 unspecified atom stereocenters. The van der Waals surface area contributed by atoms with E-state index in [0.717, 1.165) is 12.8 Å². The van der Waals surface area contributed by atoms with Gasteiger partial charge in [-0.15, -0.1) is 0 Å². The lowest BCUT2D eigenvalue weighted by Crippen LogP contribution is -2.44. The molecule has 3 amide bonds. The van der Waals surface area contributed by atoms with Crippen molar-refractivity contribution in [3.63, 3.8) is 0 Å². The number of carbonyl (C=O) groups is 3. The topological polar surface area (TPSA) is 84.5 Å². The van der Waals surface area contributed by atoms with Crippen molar-refractivity contribution < 1.29 is 19.1 Å². The molecular weight excluding hydrogens is 248 g/mol. The van der Waals surface area contributed by atoms with Gasteiger partial charge in [0.2, 0.25) is 0 Å². The maximum absolute atomic E-state index is 11.4. The third-order valence-corrected chi connectivity index (χ3v) is 2.58. The van der Waals surface area contributed by atoms with Gasteiger partial charge in [-0.25, -0.2) is 4.79 Å². The Hall–Kier alpha value is -1.85. The molecule has 1 aliphatic rings. The van der Waals surface area contributed by atoms with Crippen molar-refractivity contribution in [1.82, 2.24) is 10.6 Å². The van der Waals surface area contributed by atoms with E-state index >= 15 is 0 Å². The number of rotatable bonds is 5. The fourth-order valence-electron chi connectivity index (χ4n) is 1.75. The summed E-state index contributed by atoms with van der Waals surface area (Å²) < 4.78 is 4.81. The number of urea groups is 1. The first-order valence-electron chi connectivity index (χ1n) is 6.40. The van der Waals surface area contributed by atoms with E-state index < -0.39 is 24.5 Å². The Labute approximate surface area is 112 Å². The van der Waals surface area contributed by atoms with Crippen molar-refractivity contribution in [1.29, 1.82) is 0 Å². The van der Waals surface area contributed by atoms with Gasteiger partial charge < -0.3 is 10.1 Å². The fraction of sp³-hybridized carbons (Fsp3) is 0.615. The second-order valence-electron chi connectivity index (χ2n) is 4.81. The van der Waals surface area contributed by atoms with E-state index in [9.17, 15) is 14.4 Å². The second-order valence-corrected chi connectivity index (χ2v) is 4.81. The average Bonchev–Trinajstić information content (AvgIpc) is 2.77. The minimum Gasteiger partial charge on any atom is -0.456 e. The Kier molecular flexibility index (Phi) is 6.05. The highest BCUT2D eigenvalue weighted by atomic mass is 16.5. The Morgan fingerprint density at radius 1 is 1.37 bits per heavy atom. The second kappa shape index (κ2) is 7.56. The van der Waals surface area contributed by atoms with Gasteiger partial charge in [0.1, 0.15) is 0 Å². The summed E-state index contributed by atoms with van der Waals surface area (Å²) >= 11 is 0. The van der Waals surface area contributed by atoms with Crippen LogP contribution in [0.5, 0.6) is 0 Å². The minimum absolute atomic E-state index is 0.0653. The molecule has 0 saturated heterocycles. The van der Waals surface area contributed by atoms with Gasteiger partial charge in [0.15, 0.2) is 6.61 Å². The molecule has 1 atom stereocenters. The summed E-state index contributed by atoms with van der Waals surface area (Å²) in [6, 6.07) is -0.653. The van der Waals surface area contributed by atoms with Gasteiger partial charge in [-0.2, -0.15) is 0 Å². The zero-order valence-corrected chi connectivity index (χ0v) is 11.3. The number of hydrogen-bond acceptors (Lipinski definition) is 4. The van der Waals surface area contributed by atoms with Crippen LogP contribution in [-0.4, -0.2) is 30.6 Å². The average molecular weight is 268 g/mol. The van der Waals surface area contributed by atoms with Gasteiger partial charge >= 0.3 is 12.0 Å². The van der Waals surface area contributed by atoms with Crippen molar-refractivity contribution in [2.24, 2.45) is 5.92 Å². The number of hydrogen-bond donors (Lipinski definition) is 2. The summed E-state index contributed by atoms with van der Waals surface area (Å²) in [6.07, 6.45) is 6.21. The molecule has 0 spiro atoms. The quantitative estimate of drug-likeness (QED) is 0.578. The predicted molar refractivity (Wildman–Crippen MR) is 69.3 cm³/mol. The summed E-state index contributed by atoms with van der Waals surface area (Å²) in [4.78, 5) is 33.9. The number of allylic oxidation sites excluding steroid dienone is 2. The van der Waals surface area contributed by atoms with E-state index in [4.69, 9.17) is 4.74 Å². The van der Waals surface area contributed by atoms with Crippen LogP contribution in [0.3, 0.4) is 0 Å². The van der Waals surface area contributed by atoms with Gasteiger partial charge in [0, 0.05) is 6.04 Å². The number of esters is 1. The van der Waals surface area contributed by atoms with Crippen LogP contribution in [-0.2, 0) is 14.3 Å². The van der Waals surface area contributed by atoms with Crippen LogP contribution in [0.25, 0.3) is 0 Å². The first kappa shape index (κ1) is 15.2. The highest BCUT2D eigenvalue weighted by Gasteiger charge is 2.16. The molecule has 0 aromatic heterocycles. The Morgan fingerprint density at radius 2 is 2.11 bits per heavy atom.